The second-order valence-corrected chi connectivity index (χ2v) is 17.6. The quantitative estimate of drug-likeness (QED) is 0.128. The van der Waals surface area contributed by atoms with Crippen LogP contribution in [0.15, 0.2) is 24.0 Å². The number of rotatable bonds is 21. The van der Waals surface area contributed by atoms with Crippen molar-refractivity contribution < 1.29 is 81.0 Å². The molecule has 2 fully saturated rings. The molecule has 2 N–H and O–H groups in total. The van der Waals surface area contributed by atoms with Gasteiger partial charge in [-0.15, -0.1) is 0 Å². The first-order valence-electron chi connectivity index (χ1n) is 21.5. The highest BCUT2D eigenvalue weighted by molar-refractivity contribution is 5.92. The molecule has 19 nitrogen and oxygen atoms in total. The fourth-order valence-corrected chi connectivity index (χ4v) is 6.12. The fraction of sp³-hybridized carbons (Fsp3) is 0.727. The zero-order valence-electron chi connectivity index (χ0n) is 38.4. The first kappa shape index (κ1) is 52.3. The Morgan fingerprint density at radius 2 is 0.968 bits per heavy atom. The standard InChI is InChI=1S/C44H66N2O17/c1-21(2)37(48)55-19-29-31(33(61-39(50)23(5)6)36(57-29)46-17-13-14-28(18-46)35(45)47)60-43(54)27(12)16-15-26(11)42(53)56-20-30-32(59-38(49)22(3)4)34(62-40(51)24(7)8)44(58-30)63-41(52)25(9)10/h13,17-18,21-27,29-34,36,44H,14-16,19-20H2,1-12H3,(H2,45,47)/t26?,27?,29?,30?,31-,32-,33?,34-,36?,44?/m1/s1. The van der Waals surface area contributed by atoms with Gasteiger partial charge in [0.2, 0.25) is 18.3 Å². The number of primary amides is 1. The van der Waals surface area contributed by atoms with Crippen molar-refractivity contribution in [2.75, 3.05) is 13.2 Å². The minimum atomic E-state index is -1.46. The smallest absolute Gasteiger partial charge is 0.310 e. The number of amides is 1. The van der Waals surface area contributed by atoms with Crippen LogP contribution < -0.4 is 5.73 Å². The summed E-state index contributed by atoms with van der Waals surface area (Å²) in [4.78, 5) is 104. The average Bonchev–Trinajstić information content (AvgIpc) is 3.72. The highest BCUT2D eigenvalue weighted by atomic mass is 16.8. The third kappa shape index (κ3) is 14.8. The maximum atomic E-state index is 13.8. The Balaban J connectivity index is 1.76. The van der Waals surface area contributed by atoms with Crippen molar-refractivity contribution >= 4 is 47.7 Å². The van der Waals surface area contributed by atoms with Crippen LogP contribution in [-0.4, -0.2) is 115 Å². The number of nitrogens with zero attached hydrogens (tertiary/aromatic N) is 1. The Morgan fingerprint density at radius 1 is 0.556 bits per heavy atom. The number of hydrogen-bond donors (Lipinski definition) is 1. The molecule has 2 saturated heterocycles. The van der Waals surface area contributed by atoms with Gasteiger partial charge in [0.1, 0.15) is 25.4 Å². The first-order valence-corrected chi connectivity index (χ1v) is 21.5. The molecule has 0 aromatic heterocycles. The Hall–Kier alpha value is -5.04. The van der Waals surface area contributed by atoms with Crippen LogP contribution in [0.4, 0.5) is 0 Å². The van der Waals surface area contributed by atoms with Gasteiger partial charge in [0, 0.05) is 18.0 Å². The van der Waals surface area contributed by atoms with Crippen molar-refractivity contribution in [3.05, 3.63) is 24.0 Å². The van der Waals surface area contributed by atoms with E-state index in [4.69, 9.17) is 48.4 Å². The van der Waals surface area contributed by atoms with Gasteiger partial charge in [-0.3, -0.25) is 38.4 Å². The molecular formula is C44H66N2O17. The molecule has 0 aromatic carbocycles. The number of hydrogen-bond acceptors (Lipinski definition) is 18. The van der Waals surface area contributed by atoms with Crippen LogP contribution >= 0.6 is 0 Å². The van der Waals surface area contributed by atoms with Gasteiger partial charge < -0.3 is 53.3 Å². The van der Waals surface area contributed by atoms with E-state index in [9.17, 15) is 38.4 Å². The largest absolute Gasteiger partial charge is 0.463 e. The number of carbonyl (C=O) groups excluding carboxylic acids is 8. The normalized spacial score (nSPS) is 25.4. The second kappa shape index (κ2) is 23.6. The van der Waals surface area contributed by atoms with Gasteiger partial charge in [-0.2, -0.15) is 0 Å². The summed E-state index contributed by atoms with van der Waals surface area (Å²) in [7, 11) is 0. The summed E-state index contributed by atoms with van der Waals surface area (Å²) in [5, 5.41) is 0. The number of nitrogens with two attached hydrogens (primary N) is 1. The lowest BCUT2D eigenvalue weighted by Crippen LogP contribution is -2.46. The molecule has 0 aromatic rings. The molecule has 10 atom stereocenters. The Labute approximate surface area is 368 Å². The minimum absolute atomic E-state index is 0.129. The molecule has 0 aliphatic carbocycles. The van der Waals surface area contributed by atoms with E-state index >= 15 is 0 Å². The summed E-state index contributed by atoms with van der Waals surface area (Å²) in [5.74, 6) is -9.62. The van der Waals surface area contributed by atoms with Gasteiger partial charge in [-0.1, -0.05) is 89.2 Å². The monoisotopic (exact) mass is 894 g/mol. The number of esters is 7. The van der Waals surface area contributed by atoms with E-state index in [-0.39, 0.29) is 31.4 Å². The summed E-state index contributed by atoms with van der Waals surface area (Å²) in [6, 6.07) is 0. The molecule has 7 unspecified atom stereocenters. The zero-order valence-corrected chi connectivity index (χ0v) is 38.4. The predicted octanol–water partition coefficient (Wildman–Crippen LogP) is 3.63. The Morgan fingerprint density at radius 3 is 1.48 bits per heavy atom. The van der Waals surface area contributed by atoms with Crippen molar-refractivity contribution in [3.63, 3.8) is 0 Å². The maximum absolute atomic E-state index is 13.8. The van der Waals surface area contributed by atoms with Gasteiger partial charge in [0.05, 0.1) is 41.4 Å². The molecule has 3 aliphatic rings. The summed E-state index contributed by atoms with van der Waals surface area (Å²) >= 11 is 0. The maximum Gasteiger partial charge on any atom is 0.310 e. The molecule has 3 rings (SSSR count). The summed E-state index contributed by atoms with van der Waals surface area (Å²) in [5.41, 5.74) is 5.79. The van der Waals surface area contributed by atoms with Crippen LogP contribution in [0.25, 0.3) is 0 Å². The molecule has 0 spiro atoms. The lowest BCUT2D eigenvalue weighted by Gasteiger charge is -2.31. The Bertz CT molecular complexity index is 1720. The minimum Gasteiger partial charge on any atom is -0.463 e. The van der Waals surface area contributed by atoms with Crippen LogP contribution in [0.2, 0.25) is 0 Å². The molecule has 19 heteroatoms. The van der Waals surface area contributed by atoms with Gasteiger partial charge in [0.15, 0.2) is 24.5 Å². The first-order chi connectivity index (χ1) is 29.4. The van der Waals surface area contributed by atoms with Crippen molar-refractivity contribution in [1.82, 2.24) is 4.90 Å². The molecular weight excluding hydrogens is 828 g/mol. The molecule has 3 heterocycles. The summed E-state index contributed by atoms with van der Waals surface area (Å²) in [6.07, 6.45) is -4.79. The molecule has 0 bridgehead atoms. The number of carbonyl (C=O) groups is 8. The van der Waals surface area contributed by atoms with Crippen molar-refractivity contribution in [2.45, 2.75) is 151 Å². The van der Waals surface area contributed by atoms with E-state index in [1.807, 2.05) is 0 Å². The lowest BCUT2D eigenvalue weighted by molar-refractivity contribution is -0.203. The highest BCUT2D eigenvalue weighted by Gasteiger charge is 2.54. The second-order valence-electron chi connectivity index (χ2n) is 17.6. The van der Waals surface area contributed by atoms with Crippen LogP contribution in [0, 0.1) is 41.4 Å². The van der Waals surface area contributed by atoms with E-state index in [1.165, 1.54) is 11.1 Å². The van der Waals surface area contributed by atoms with Gasteiger partial charge in [-0.05, 0) is 19.3 Å². The van der Waals surface area contributed by atoms with E-state index in [2.05, 4.69) is 0 Å². The molecule has 0 saturated carbocycles. The predicted molar refractivity (Wildman–Crippen MR) is 219 cm³/mol. The fourth-order valence-electron chi connectivity index (χ4n) is 6.12. The van der Waals surface area contributed by atoms with E-state index in [1.54, 1.807) is 95.4 Å². The molecule has 0 radical (unpaired) electrons. The summed E-state index contributed by atoms with van der Waals surface area (Å²) < 4.78 is 51.9. The number of ether oxygens (including phenoxy) is 9. The topological polar surface area (TPSA) is 249 Å². The molecule has 63 heavy (non-hydrogen) atoms. The molecule has 3 aliphatic heterocycles. The third-order valence-electron chi connectivity index (χ3n) is 10.3. The van der Waals surface area contributed by atoms with Gasteiger partial charge in [-0.25, -0.2) is 0 Å². The summed E-state index contributed by atoms with van der Waals surface area (Å²) in [6.45, 7) is 18.5. The zero-order chi connectivity index (χ0) is 47.5. The van der Waals surface area contributed by atoms with E-state index in [0.29, 0.717) is 0 Å². The van der Waals surface area contributed by atoms with E-state index in [0.717, 1.165) is 0 Å². The number of allylic oxidation sites excluding steroid dienone is 1. The van der Waals surface area contributed by atoms with Crippen LogP contribution in [0.1, 0.15) is 102 Å². The van der Waals surface area contributed by atoms with Crippen molar-refractivity contribution in [1.29, 1.82) is 0 Å². The highest BCUT2D eigenvalue weighted by Crippen LogP contribution is 2.34. The molecule has 354 valence electrons. The van der Waals surface area contributed by atoms with Crippen molar-refractivity contribution in [3.8, 4) is 0 Å². The van der Waals surface area contributed by atoms with Crippen LogP contribution in [0.3, 0.4) is 0 Å². The van der Waals surface area contributed by atoms with Crippen molar-refractivity contribution in [2.24, 2.45) is 47.2 Å². The van der Waals surface area contributed by atoms with Crippen LogP contribution in [-0.2, 0) is 81.0 Å². The van der Waals surface area contributed by atoms with Gasteiger partial charge >= 0.3 is 41.8 Å². The Kier molecular flexibility index (Phi) is 19.6. The van der Waals surface area contributed by atoms with Crippen LogP contribution in [0.5, 0.6) is 0 Å². The van der Waals surface area contributed by atoms with E-state index < -0.39 is 145 Å². The van der Waals surface area contributed by atoms with Gasteiger partial charge in [0.25, 0.3) is 0 Å². The molecule has 1 amide bonds. The SMILES string of the molecule is CC(C)C(=O)OCC1OC(N2C=CCC(C(N)=O)=C2)C(OC(=O)C(C)C)[C@@H]1OC(=O)C(C)CCC(C)C(=O)OCC1OC(OC(=O)C(C)C)[C@H](OC(=O)C(C)C)[C@@H]1OC(=O)C(C)C. The third-order valence-corrected chi connectivity index (χ3v) is 10.3. The lowest BCUT2D eigenvalue weighted by atomic mass is 9.98. The average molecular weight is 895 g/mol.